The van der Waals surface area contributed by atoms with Gasteiger partial charge >= 0.3 is 0 Å². The van der Waals surface area contributed by atoms with Crippen molar-refractivity contribution in [3.63, 3.8) is 0 Å². The minimum atomic E-state index is -0.407. The van der Waals surface area contributed by atoms with Crippen LogP contribution in [0.3, 0.4) is 0 Å². The Morgan fingerprint density at radius 1 is 1.44 bits per heavy atom. The molecule has 0 unspecified atom stereocenters. The molecule has 98 valence electrons. The van der Waals surface area contributed by atoms with Gasteiger partial charge in [0, 0.05) is 24.4 Å². The number of nitrogens with zero attached hydrogens (tertiary/aromatic N) is 2. The lowest BCUT2D eigenvalue weighted by Crippen LogP contribution is -2.09. The van der Waals surface area contributed by atoms with E-state index in [0.29, 0.717) is 16.8 Å². The summed E-state index contributed by atoms with van der Waals surface area (Å²) in [5, 5.41) is 11.0. The summed E-state index contributed by atoms with van der Waals surface area (Å²) in [6.45, 7) is 4.88. The molecule has 5 nitrogen and oxygen atoms in total. The molecule has 1 rings (SSSR count). The molecule has 0 heterocycles. The molecular formula is C12H17N3O2S. The standard InChI is InChI=1S/C12H17N3O2S/c1-9(2)7-14-12(13)18-8-10-3-5-11(6-4-10)15(16)17/h3-6,9H,7-8H2,1-2H3,(H2,13,14). The summed E-state index contributed by atoms with van der Waals surface area (Å²) >= 11 is 1.44. The molecular weight excluding hydrogens is 250 g/mol. The number of nitrogens with two attached hydrogens (primary N) is 1. The van der Waals surface area contributed by atoms with E-state index in [2.05, 4.69) is 18.8 Å². The lowest BCUT2D eigenvalue weighted by atomic mass is 10.2. The molecule has 0 saturated carbocycles. The zero-order valence-corrected chi connectivity index (χ0v) is 11.3. The molecule has 2 N–H and O–H groups in total. The lowest BCUT2D eigenvalue weighted by molar-refractivity contribution is -0.384. The Bertz CT molecular complexity index is 429. The minimum absolute atomic E-state index is 0.102. The van der Waals surface area contributed by atoms with Gasteiger partial charge in [-0.05, 0) is 11.5 Å². The highest BCUT2D eigenvalue weighted by Crippen LogP contribution is 2.16. The fraction of sp³-hybridized carbons (Fsp3) is 0.417. The Morgan fingerprint density at radius 2 is 2.06 bits per heavy atom. The summed E-state index contributed by atoms with van der Waals surface area (Å²) in [6.07, 6.45) is 0. The van der Waals surface area contributed by atoms with E-state index in [1.165, 1.54) is 23.9 Å². The van der Waals surface area contributed by atoms with Crippen molar-refractivity contribution in [2.24, 2.45) is 16.6 Å². The van der Waals surface area contributed by atoms with Crippen molar-refractivity contribution in [1.82, 2.24) is 0 Å². The third-order valence-electron chi connectivity index (χ3n) is 2.15. The minimum Gasteiger partial charge on any atom is -0.379 e. The quantitative estimate of drug-likeness (QED) is 0.385. The van der Waals surface area contributed by atoms with Crippen LogP contribution in [0.1, 0.15) is 19.4 Å². The van der Waals surface area contributed by atoms with Gasteiger partial charge in [-0.15, -0.1) is 0 Å². The second-order valence-electron chi connectivity index (χ2n) is 4.29. The predicted molar refractivity (Wildman–Crippen MR) is 75.7 cm³/mol. The molecule has 1 aromatic carbocycles. The number of rotatable bonds is 5. The molecule has 0 bridgehead atoms. The van der Waals surface area contributed by atoms with Crippen LogP contribution in [0.25, 0.3) is 0 Å². The van der Waals surface area contributed by atoms with Crippen LogP contribution >= 0.6 is 11.8 Å². The summed E-state index contributed by atoms with van der Waals surface area (Å²) in [4.78, 5) is 14.3. The number of benzene rings is 1. The van der Waals surface area contributed by atoms with Gasteiger partial charge in [0.05, 0.1) is 4.92 Å². The molecule has 0 aliphatic carbocycles. The second-order valence-corrected chi connectivity index (χ2v) is 5.28. The average Bonchev–Trinajstić information content (AvgIpc) is 2.34. The van der Waals surface area contributed by atoms with Gasteiger partial charge in [0.2, 0.25) is 0 Å². The summed E-state index contributed by atoms with van der Waals surface area (Å²) < 4.78 is 0. The first-order chi connectivity index (χ1) is 8.49. The summed E-state index contributed by atoms with van der Waals surface area (Å²) in [7, 11) is 0. The number of amidine groups is 1. The monoisotopic (exact) mass is 267 g/mol. The molecule has 6 heteroatoms. The topological polar surface area (TPSA) is 81.5 Å². The molecule has 0 aromatic heterocycles. The molecule has 1 aromatic rings. The number of hydrogen-bond donors (Lipinski definition) is 1. The van der Waals surface area contributed by atoms with Crippen molar-refractivity contribution >= 4 is 22.6 Å². The molecule has 0 saturated heterocycles. The van der Waals surface area contributed by atoms with E-state index in [1.807, 2.05) is 0 Å². The molecule has 0 atom stereocenters. The number of hydrogen-bond acceptors (Lipinski definition) is 4. The average molecular weight is 267 g/mol. The van der Waals surface area contributed by atoms with Crippen molar-refractivity contribution in [3.8, 4) is 0 Å². The third-order valence-corrected chi connectivity index (χ3v) is 3.05. The maximum absolute atomic E-state index is 10.5. The Hall–Kier alpha value is -1.56. The number of thioether (sulfide) groups is 1. The Balaban J connectivity index is 2.48. The highest BCUT2D eigenvalue weighted by molar-refractivity contribution is 8.13. The van der Waals surface area contributed by atoms with Crippen LogP contribution in [0, 0.1) is 16.0 Å². The Labute approximate surface area is 111 Å². The van der Waals surface area contributed by atoms with E-state index < -0.39 is 4.92 Å². The zero-order chi connectivity index (χ0) is 13.5. The van der Waals surface area contributed by atoms with Gasteiger partial charge in [-0.1, -0.05) is 37.7 Å². The van der Waals surface area contributed by atoms with Gasteiger partial charge in [0.25, 0.3) is 5.69 Å². The largest absolute Gasteiger partial charge is 0.379 e. The summed E-state index contributed by atoms with van der Waals surface area (Å²) in [5.74, 6) is 1.16. The van der Waals surface area contributed by atoms with E-state index in [1.54, 1.807) is 12.1 Å². The fourth-order valence-corrected chi connectivity index (χ4v) is 1.86. The maximum atomic E-state index is 10.5. The maximum Gasteiger partial charge on any atom is 0.269 e. The highest BCUT2D eigenvalue weighted by Gasteiger charge is 2.04. The van der Waals surface area contributed by atoms with E-state index in [0.717, 1.165) is 12.1 Å². The normalized spacial score (nSPS) is 11.8. The molecule has 18 heavy (non-hydrogen) atoms. The van der Waals surface area contributed by atoms with Crippen molar-refractivity contribution in [1.29, 1.82) is 0 Å². The van der Waals surface area contributed by atoms with E-state index in [9.17, 15) is 10.1 Å². The first-order valence-electron chi connectivity index (χ1n) is 5.65. The van der Waals surface area contributed by atoms with Gasteiger partial charge < -0.3 is 5.73 Å². The molecule has 0 aliphatic heterocycles. The highest BCUT2D eigenvalue weighted by atomic mass is 32.2. The van der Waals surface area contributed by atoms with Gasteiger partial charge in [-0.3, -0.25) is 15.1 Å². The van der Waals surface area contributed by atoms with Crippen LogP contribution in [-0.2, 0) is 5.75 Å². The Morgan fingerprint density at radius 3 is 2.56 bits per heavy atom. The van der Waals surface area contributed by atoms with Gasteiger partial charge in [0.15, 0.2) is 5.17 Å². The van der Waals surface area contributed by atoms with Gasteiger partial charge in [0.1, 0.15) is 0 Å². The first kappa shape index (κ1) is 14.5. The van der Waals surface area contributed by atoms with Crippen molar-refractivity contribution in [2.45, 2.75) is 19.6 Å². The molecule has 0 aliphatic rings. The molecule has 0 amide bonds. The van der Waals surface area contributed by atoms with Crippen LogP contribution in [-0.4, -0.2) is 16.6 Å². The lowest BCUT2D eigenvalue weighted by Gasteiger charge is -2.03. The van der Waals surface area contributed by atoms with Crippen molar-refractivity contribution in [3.05, 3.63) is 39.9 Å². The summed E-state index contributed by atoms with van der Waals surface area (Å²) in [6, 6.07) is 6.47. The molecule has 0 radical (unpaired) electrons. The predicted octanol–water partition coefficient (Wildman–Crippen LogP) is 2.80. The van der Waals surface area contributed by atoms with E-state index in [4.69, 9.17) is 5.73 Å². The second kappa shape index (κ2) is 7.00. The first-order valence-corrected chi connectivity index (χ1v) is 6.63. The number of aliphatic imine (C=N–C) groups is 1. The fourth-order valence-electron chi connectivity index (χ4n) is 1.19. The number of non-ortho nitro benzene ring substituents is 1. The SMILES string of the molecule is CC(C)CN=C(N)SCc1ccc([N+](=O)[O-])cc1. The molecule has 0 spiro atoms. The third kappa shape index (κ3) is 5.18. The summed E-state index contributed by atoms with van der Waals surface area (Å²) in [5.41, 5.74) is 6.85. The van der Waals surface area contributed by atoms with Crippen molar-refractivity contribution in [2.75, 3.05) is 6.54 Å². The zero-order valence-electron chi connectivity index (χ0n) is 10.5. The van der Waals surface area contributed by atoms with Gasteiger partial charge in [-0.25, -0.2) is 0 Å². The van der Waals surface area contributed by atoms with E-state index >= 15 is 0 Å². The smallest absolute Gasteiger partial charge is 0.269 e. The van der Waals surface area contributed by atoms with Crippen LogP contribution in [0.4, 0.5) is 5.69 Å². The van der Waals surface area contributed by atoms with Crippen LogP contribution < -0.4 is 5.73 Å². The van der Waals surface area contributed by atoms with E-state index in [-0.39, 0.29) is 5.69 Å². The Kier molecular flexibility index (Phi) is 5.64. The molecule has 0 fully saturated rings. The van der Waals surface area contributed by atoms with Gasteiger partial charge in [-0.2, -0.15) is 0 Å². The number of nitro benzene ring substituents is 1. The van der Waals surface area contributed by atoms with Crippen molar-refractivity contribution < 1.29 is 4.92 Å². The van der Waals surface area contributed by atoms with Crippen LogP contribution in [0.2, 0.25) is 0 Å². The van der Waals surface area contributed by atoms with Crippen LogP contribution in [0.5, 0.6) is 0 Å². The van der Waals surface area contributed by atoms with Crippen LogP contribution in [0.15, 0.2) is 29.3 Å². The number of nitro groups is 1.